The van der Waals surface area contributed by atoms with Crippen LogP contribution in [0.1, 0.15) is 29.8 Å². The van der Waals surface area contributed by atoms with Gasteiger partial charge in [0.2, 0.25) is 15.9 Å². The lowest BCUT2D eigenvalue weighted by Crippen LogP contribution is -2.36. The van der Waals surface area contributed by atoms with Crippen LogP contribution >= 0.6 is 0 Å². The summed E-state index contributed by atoms with van der Waals surface area (Å²) in [6.45, 7) is 0.795. The number of carbonyl (C=O) groups excluding carboxylic acids is 2. The number of nitrogens with zero attached hydrogens (tertiary/aromatic N) is 2. The van der Waals surface area contributed by atoms with Gasteiger partial charge in [-0.2, -0.15) is 4.31 Å². The van der Waals surface area contributed by atoms with Gasteiger partial charge in [0, 0.05) is 26.3 Å². The number of amides is 2. The maximum absolute atomic E-state index is 13.6. The van der Waals surface area contributed by atoms with Crippen molar-refractivity contribution in [3.8, 4) is 0 Å². The topological polar surface area (TPSA) is 103 Å². The molecule has 1 fully saturated rings. The van der Waals surface area contributed by atoms with E-state index in [2.05, 4.69) is 10.3 Å². The number of para-hydroxylation sites is 1. The Morgan fingerprint density at radius 1 is 1.21 bits per heavy atom. The minimum atomic E-state index is -4.00. The molecule has 8 nitrogen and oxygen atoms in total. The smallest absolute Gasteiger partial charge is 0.270 e. The zero-order valence-corrected chi connectivity index (χ0v) is 16.8. The van der Waals surface area contributed by atoms with Crippen molar-refractivity contribution < 1.29 is 22.4 Å². The van der Waals surface area contributed by atoms with Crippen LogP contribution in [0.2, 0.25) is 0 Å². The van der Waals surface area contributed by atoms with E-state index in [4.69, 9.17) is 0 Å². The van der Waals surface area contributed by atoms with Crippen molar-refractivity contribution >= 4 is 27.5 Å². The van der Waals surface area contributed by atoms with E-state index in [9.17, 15) is 22.4 Å². The summed E-state index contributed by atoms with van der Waals surface area (Å²) in [7, 11) is -2.76. The molecule has 156 valence electrons. The van der Waals surface area contributed by atoms with E-state index in [0.29, 0.717) is 13.1 Å². The minimum absolute atomic E-state index is 0.0284. The van der Waals surface area contributed by atoms with Gasteiger partial charge in [0.05, 0.1) is 12.2 Å². The molecule has 29 heavy (non-hydrogen) atoms. The number of H-pyrrole nitrogens is 1. The monoisotopic (exact) mass is 422 g/mol. The number of sulfonamides is 1. The summed E-state index contributed by atoms with van der Waals surface area (Å²) < 4.78 is 39.9. The van der Waals surface area contributed by atoms with Crippen LogP contribution in [0.3, 0.4) is 0 Å². The average molecular weight is 422 g/mol. The number of aromatic nitrogens is 1. The molecule has 0 saturated carbocycles. The maximum atomic E-state index is 13.6. The van der Waals surface area contributed by atoms with Crippen molar-refractivity contribution in [3.05, 3.63) is 48.0 Å². The maximum Gasteiger partial charge on any atom is 0.270 e. The first-order valence-corrected chi connectivity index (χ1v) is 10.7. The predicted octanol–water partition coefficient (Wildman–Crippen LogP) is 2.04. The number of hydrogen-bond donors (Lipinski definition) is 2. The number of benzene rings is 1. The molecule has 2 aromatic rings. The standard InChI is InChI=1S/C19H23FN4O4S/c1-23(13-18(25)22-16-8-4-3-7-15(16)20)29(27,28)14-11-17(21-12-14)19(26)24-9-5-2-6-10-24/h3-4,7-8,11-12,21H,2,5-6,9-10,13H2,1H3,(H,22,25). The fourth-order valence-electron chi connectivity index (χ4n) is 3.13. The summed E-state index contributed by atoms with van der Waals surface area (Å²) in [5.74, 6) is -1.54. The van der Waals surface area contributed by atoms with Gasteiger partial charge in [-0.3, -0.25) is 9.59 Å². The first-order chi connectivity index (χ1) is 13.8. The van der Waals surface area contributed by atoms with Crippen LogP contribution in [0.25, 0.3) is 0 Å². The Balaban J connectivity index is 1.66. The molecular weight excluding hydrogens is 399 g/mol. The van der Waals surface area contributed by atoms with Crippen molar-refractivity contribution in [2.75, 3.05) is 32.0 Å². The van der Waals surface area contributed by atoms with Crippen LogP contribution in [-0.2, 0) is 14.8 Å². The number of nitrogens with one attached hydrogen (secondary N) is 2. The van der Waals surface area contributed by atoms with Gasteiger partial charge in [-0.25, -0.2) is 12.8 Å². The first-order valence-electron chi connectivity index (χ1n) is 9.27. The van der Waals surface area contributed by atoms with Crippen LogP contribution in [0, 0.1) is 5.82 Å². The second kappa shape index (κ2) is 8.75. The summed E-state index contributed by atoms with van der Waals surface area (Å²) in [4.78, 5) is 28.9. The summed E-state index contributed by atoms with van der Waals surface area (Å²) >= 11 is 0. The van der Waals surface area contributed by atoms with E-state index in [1.807, 2.05) is 0 Å². The van der Waals surface area contributed by atoms with Crippen molar-refractivity contribution in [3.63, 3.8) is 0 Å². The number of halogens is 1. The number of anilines is 1. The summed E-state index contributed by atoms with van der Waals surface area (Å²) in [5.41, 5.74) is 0.161. The molecule has 1 saturated heterocycles. The molecule has 0 radical (unpaired) electrons. The van der Waals surface area contributed by atoms with E-state index < -0.39 is 28.3 Å². The Kier molecular flexibility index (Phi) is 6.33. The van der Waals surface area contributed by atoms with Gasteiger partial charge >= 0.3 is 0 Å². The van der Waals surface area contributed by atoms with Crippen LogP contribution in [0.15, 0.2) is 41.4 Å². The largest absolute Gasteiger partial charge is 0.356 e. The molecule has 1 aliphatic rings. The number of rotatable bonds is 6. The fraction of sp³-hybridized carbons (Fsp3) is 0.368. The predicted molar refractivity (Wildman–Crippen MR) is 105 cm³/mol. The second-order valence-electron chi connectivity index (χ2n) is 6.89. The van der Waals surface area contributed by atoms with Crippen LogP contribution in [-0.4, -0.2) is 61.1 Å². The molecule has 2 heterocycles. The first kappa shape index (κ1) is 21.0. The van der Waals surface area contributed by atoms with E-state index in [1.165, 1.54) is 37.5 Å². The zero-order valence-electron chi connectivity index (χ0n) is 16.0. The highest BCUT2D eigenvalue weighted by Gasteiger charge is 2.27. The third-order valence-electron chi connectivity index (χ3n) is 4.75. The van der Waals surface area contributed by atoms with Gasteiger partial charge in [-0.15, -0.1) is 0 Å². The molecule has 0 bridgehead atoms. The molecule has 0 atom stereocenters. The van der Waals surface area contributed by atoms with Gasteiger partial charge in [0.15, 0.2) is 0 Å². The fourth-order valence-corrected chi connectivity index (χ4v) is 4.26. The minimum Gasteiger partial charge on any atom is -0.356 e. The Morgan fingerprint density at radius 2 is 1.90 bits per heavy atom. The molecule has 0 aliphatic carbocycles. The summed E-state index contributed by atoms with van der Waals surface area (Å²) in [5, 5.41) is 2.34. The zero-order chi connectivity index (χ0) is 21.0. The van der Waals surface area contributed by atoms with E-state index >= 15 is 0 Å². The van der Waals surface area contributed by atoms with E-state index in [-0.39, 0.29) is 22.2 Å². The Morgan fingerprint density at radius 3 is 2.59 bits per heavy atom. The quantitative estimate of drug-likeness (QED) is 0.744. The summed E-state index contributed by atoms with van der Waals surface area (Å²) in [6.07, 6.45) is 4.17. The Labute approximate surface area is 168 Å². The Hall–Kier alpha value is -2.72. The van der Waals surface area contributed by atoms with Crippen molar-refractivity contribution in [1.29, 1.82) is 0 Å². The highest BCUT2D eigenvalue weighted by Crippen LogP contribution is 2.19. The molecule has 0 spiro atoms. The molecule has 2 amide bonds. The SMILES string of the molecule is CN(CC(=O)Nc1ccccc1F)S(=O)(=O)c1c[nH]c(C(=O)N2CCCCC2)c1. The average Bonchev–Trinajstić information content (AvgIpc) is 3.21. The van der Waals surface area contributed by atoms with Crippen LogP contribution in [0.4, 0.5) is 10.1 Å². The highest BCUT2D eigenvalue weighted by molar-refractivity contribution is 7.89. The van der Waals surface area contributed by atoms with Gasteiger partial charge in [-0.1, -0.05) is 12.1 Å². The van der Waals surface area contributed by atoms with Gasteiger partial charge < -0.3 is 15.2 Å². The molecule has 3 rings (SSSR count). The van der Waals surface area contributed by atoms with Crippen molar-refractivity contribution in [1.82, 2.24) is 14.2 Å². The lowest BCUT2D eigenvalue weighted by Gasteiger charge is -2.26. The highest BCUT2D eigenvalue weighted by atomic mass is 32.2. The summed E-state index contributed by atoms with van der Waals surface area (Å²) in [6, 6.07) is 6.89. The molecule has 1 aromatic carbocycles. The number of hydrogen-bond acceptors (Lipinski definition) is 4. The molecule has 1 aliphatic heterocycles. The third-order valence-corrected chi connectivity index (χ3v) is 6.53. The number of piperidine rings is 1. The third kappa shape index (κ3) is 4.83. The molecule has 10 heteroatoms. The van der Waals surface area contributed by atoms with E-state index in [0.717, 1.165) is 23.6 Å². The van der Waals surface area contributed by atoms with Gasteiger partial charge in [0.25, 0.3) is 5.91 Å². The van der Waals surface area contributed by atoms with E-state index in [1.54, 1.807) is 11.0 Å². The number of likely N-dealkylation sites (tertiary alicyclic amines) is 1. The van der Waals surface area contributed by atoms with Crippen LogP contribution < -0.4 is 5.32 Å². The number of likely N-dealkylation sites (N-methyl/N-ethyl adjacent to an activating group) is 1. The molecule has 2 N–H and O–H groups in total. The number of aromatic amines is 1. The number of carbonyl (C=O) groups is 2. The van der Waals surface area contributed by atoms with Gasteiger partial charge in [0.1, 0.15) is 16.4 Å². The van der Waals surface area contributed by atoms with Gasteiger partial charge in [-0.05, 0) is 37.5 Å². The lowest BCUT2D eigenvalue weighted by atomic mass is 10.1. The molecule has 1 aromatic heterocycles. The van der Waals surface area contributed by atoms with Crippen molar-refractivity contribution in [2.24, 2.45) is 0 Å². The molecular formula is C19H23FN4O4S. The normalized spacial score (nSPS) is 14.8. The Bertz CT molecular complexity index is 999. The van der Waals surface area contributed by atoms with Crippen LogP contribution in [0.5, 0.6) is 0 Å². The lowest BCUT2D eigenvalue weighted by molar-refractivity contribution is -0.116. The van der Waals surface area contributed by atoms with Crippen molar-refractivity contribution in [2.45, 2.75) is 24.2 Å². The molecule has 0 unspecified atom stereocenters. The second-order valence-corrected chi connectivity index (χ2v) is 8.94.